The second-order valence-electron chi connectivity index (χ2n) is 5.76. The summed E-state index contributed by atoms with van der Waals surface area (Å²) in [6, 6.07) is 4.63. The van der Waals surface area contributed by atoms with Crippen LogP contribution in [0.3, 0.4) is 0 Å². The molecule has 1 N–H and O–H groups in total. The molecule has 2 rings (SSSR count). The monoisotopic (exact) mass is 373 g/mol. The van der Waals surface area contributed by atoms with Crippen LogP contribution in [0.25, 0.3) is 0 Å². The number of hydrogen-bond acceptors (Lipinski definition) is 2. The van der Waals surface area contributed by atoms with Crippen LogP contribution in [0.15, 0.2) is 18.2 Å². The van der Waals surface area contributed by atoms with E-state index in [4.69, 9.17) is 4.74 Å². The van der Waals surface area contributed by atoms with Crippen LogP contribution in [-0.2, 0) is 11.2 Å². The highest BCUT2D eigenvalue weighted by Crippen LogP contribution is 2.27. The van der Waals surface area contributed by atoms with E-state index in [0.29, 0.717) is 11.3 Å². The van der Waals surface area contributed by atoms with Gasteiger partial charge in [-0.25, -0.2) is 22.0 Å². The van der Waals surface area contributed by atoms with Crippen LogP contribution in [0.4, 0.5) is 22.0 Å². The molecule has 1 atom stereocenters. The van der Waals surface area contributed by atoms with Gasteiger partial charge in [-0.1, -0.05) is 17.7 Å². The van der Waals surface area contributed by atoms with Crippen LogP contribution in [0, 0.1) is 36.0 Å². The zero-order valence-electron chi connectivity index (χ0n) is 14.2. The molecule has 0 saturated carbocycles. The van der Waals surface area contributed by atoms with E-state index in [2.05, 4.69) is 5.32 Å². The van der Waals surface area contributed by atoms with Gasteiger partial charge in [-0.15, -0.1) is 0 Å². The normalized spacial score (nSPS) is 12.0. The minimum Gasteiger partial charge on any atom is -0.496 e. The number of ether oxygens (including phenoxy) is 1. The van der Waals surface area contributed by atoms with E-state index in [-0.39, 0.29) is 0 Å². The van der Waals surface area contributed by atoms with Crippen molar-refractivity contribution in [2.45, 2.75) is 26.3 Å². The number of carbonyl (C=O) groups is 1. The minimum absolute atomic E-state index is 0.486. The molecule has 0 aliphatic carbocycles. The lowest BCUT2D eigenvalue weighted by atomic mass is 10.0. The number of aryl methyl sites for hydroxylation is 1. The number of methoxy groups -OCH3 is 1. The summed E-state index contributed by atoms with van der Waals surface area (Å²) < 4.78 is 72.0. The topological polar surface area (TPSA) is 38.3 Å². The van der Waals surface area contributed by atoms with E-state index in [1.807, 2.05) is 6.92 Å². The number of amides is 1. The van der Waals surface area contributed by atoms with Crippen molar-refractivity contribution in [3.05, 3.63) is 64.0 Å². The van der Waals surface area contributed by atoms with Crippen molar-refractivity contribution < 1.29 is 31.5 Å². The fraction of sp³-hybridized carbons (Fsp3) is 0.278. The third kappa shape index (κ3) is 3.79. The average molecular weight is 373 g/mol. The van der Waals surface area contributed by atoms with Gasteiger partial charge in [-0.05, 0) is 19.9 Å². The van der Waals surface area contributed by atoms with Crippen molar-refractivity contribution >= 4 is 5.91 Å². The molecule has 0 heterocycles. The van der Waals surface area contributed by atoms with Crippen LogP contribution in [0.1, 0.15) is 29.7 Å². The van der Waals surface area contributed by atoms with E-state index < -0.39 is 53.0 Å². The molecule has 1 amide bonds. The molecular formula is C18H16F5NO2. The summed E-state index contributed by atoms with van der Waals surface area (Å²) in [5.41, 5.74) is 0.322. The van der Waals surface area contributed by atoms with Gasteiger partial charge < -0.3 is 10.1 Å². The Morgan fingerprint density at radius 2 is 1.58 bits per heavy atom. The fourth-order valence-electron chi connectivity index (χ4n) is 2.53. The average Bonchev–Trinajstić information content (AvgIpc) is 2.61. The van der Waals surface area contributed by atoms with Crippen molar-refractivity contribution in [1.29, 1.82) is 0 Å². The molecule has 3 nitrogen and oxygen atoms in total. The molecule has 8 heteroatoms. The van der Waals surface area contributed by atoms with E-state index >= 15 is 0 Å². The Kier molecular flexibility index (Phi) is 5.84. The number of halogens is 5. The minimum atomic E-state index is -2.26. The maximum absolute atomic E-state index is 13.7. The highest BCUT2D eigenvalue weighted by atomic mass is 19.2. The first-order valence-corrected chi connectivity index (χ1v) is 7.61. The zero-order valence-corrected chi connectivity index (χ0v) is 14.2. The molecular weight excluding hydrogens is 357 g/mol. The summed E-state index contributed by atoms with van der Waals surface area (Å²) in [4.78, 5) is 12.1. The van der Waals surface area contributed by atoms with Crippen LogP contribution < -0.4 is 10.1 Å². The Morgan fingerprint density at radius 1 is 1.04 bits per heavy atom. The first-order chi connectivity index (χ1) is 12.2. The molecule has 0 aliphatic rings. The fourth-order valence-corrected chi connectivity index (χ4v) is 2.53. The van der Waals surface area contributed by atoms with Crippen molar-refractivity contribution in [1.82, 2.24) is 5.32 Å². The van der Waals surface area contributed by atoms with Gasteiger partial charge in [0.05, 0.1) is 19.6 Å². The molecule has 0 spiro atoms. The molecule has 2 aromatic carbocycles. The second kappa shape index (κ2) is 7.72. The highest BCUT2D eigenvalue weighted by molar-refractivity contribution is 5.79. The highest BCUT2D eigenvalue weighted by Gasteiger charge is 2.27. The standard InChI is InChI=1S/C18H16F5NO2/c1-8-4-5-12(26-3)10(6-8)9(2)24-13(25)7-11-14(19)16(21)18(23)17(22)15(11)20/h4-6,9H,7H2,1-3H3,(H,24,25). The first kappa shape index (κ1) is 19.7. The number of rotatable bonds is 5. The lowest BCUT2D eigenvalue weighted by Crippen LogP contribution is -2.29. The molecule has 1 unspecified atom stereocenters. The van der Waals surface area contributed by atoms with Gasteiger partial charge in [-0.3, -0.25) is 4.79 Å². The summed E-state index contributed by atoms with van der Waals surface area (Å²) in [6.07, 6.45) is -0.996. The summed E-state index contributed by atoms with van der Waals surface area (Å²) in [7, 11) is 1.44. The second-order valence-corrected chi connectivity index (χ2v) is 5.76. The van der Waals surface area contributed by atoms with Crippen LogP contribution in [0.5, 0.6) is 5.75 Å². The number of nitrogens with one attached hydrogen (secondary N) is 1. The van der Waals surface area contributed by atoms with Crippen LogP contribution in [0.2, 0.25) is 0 Å². The summed E-state index contributed by atoms with van der Waals surface area (Å²) >= 11 is 0. The Balaban J connectivity index is 2.24. The maximum Gasteiger partial charge on any atom is 0.225 e. The van der Waals surface area contributed by atoms with Gasteiger partial charge >= 0.3 is 0 Å². The van der Waals surface area contributed by atoms with E-state index in [1.165, 1.54) is 7.11 Å². The molecule has 0 aliphatic heterocycles. The van der Waals surface area contributed by atoms with Crippen LogP contribution >= 0.6 is 0 Å². The van der Waals surface area contributed by atoms with Gasteiger partial charge in [0.15, 0.2) is 23.3 Å². The Morgan fingerprint density at radius 3 is 2.12 bits per heavy atom. The Bertz CT molecular complexity index is 825. The Labute approximate surface area is 146 Å². The third-order valence-corrected chi connectivity index (χ3v) is 3.87. The van der Waals surface area contributed by atoms with Gasteiger partial charge in [0.2, 0.25) is 11.7 Å². The van der Waals surface area contributed by atoms with Gasteiger partial charge in [-0.2, -0.15) is 0 Å². The van der Waals surface area contributed by atoms with Crippen molar-refractivity contribution in [2.75, 3.05) is 7.11 Å². The number of carbonyl (C=O) groups excluding carboxylic acids is 1. The van der Waals surface area contributed by atoms with Crippen molar-refractivity contribution in [3.63, 3.8) is 0 Å². The van der Waals surface area contributed by atoms with Crippen LogP contribution in [-0.4, -0.2) is 13.0 Å². The molecule has 0 saturated heterocycles. The molecule has 0 bridgehead atoms. The van der Waals surface area contributed by atoms with Crippen molar-refractivity contribution in [2.24, 2.45) is 0 Å². The lowest BCUT2D eigenvalue weighted by Gasteiger charge is -2.18. The largest absolute Gasteiger partial charge is 0.496 e. The quantitative estimate of drug-likeness (QED) is 0.487. The number of hydrogen-bond donors (Lipinski definition) is 1. The summed E-state index contributed by atoms with van der Waals surface area (Å²) in [6.45, 7) is 3.43. The SMILES string of the molecule is COc1ccc(C)cc1C(C)NC(=O)Cc1c(F)c(F)c(F)c(F)c1F. The van der Waals surface area contributed by atoms with Gasteiger partial charge in [0, 0.05) is 11.1 Å². The molecule has 0 radical (unpaired) electrons. The summed E-state index contributed by atoms with van der Waals surface area (Å²) in [5, 5.41) is 2.46. The van der Waals surface area contributed by atoms with Crippen molar-refractivity contribution in [3.8, 4) is 5.75 Å². The van der Waals surface area contributed by atoms with Gasteiger partial charge in [0.1, 0.15) is 5.75 Å². The molecule has 26 heavy (non-hydrogen) atoms. The predicted molar refractivity (Wildman–Crippen MR) is 84.2 cm³/mol. The van der Waals surface area contributed by atoms with E-state index in [1.54, 1.807) is 25.1 Å². The smallest absolute Gasteiger partial charge is 0.225 e. The predicted octanol–water partition coefficient (Wildman–Crippen LogP) is 4.12. The van der Waals surface area contributed by atoms with Gasteiger partial charge in [0.25, 0.3) is 0 Å². The van der Waals surface area contributed by atoms with E-state index in [0.717, 1.165) is 5.56 Å². The molecule has 0 aromatic heterocycles. The summed E-state index contributed by atoms with van der Waals surface area (Å²) in [5.74, 6) is -10.9. The Hall–Kier alpha value is -2.64. The first-order valence-electron chi connectivity index (χ1n) is 7.61. The molecule has 0 fully saturated rings. The number of benzene rings is 2. The maximum atomic E-state index is 13.7. The molecule has 2 aromatic rings. The van der Waals surface area contributed by atoms with E-state index in [9.17, 15) is 26.7 Å². The third-order valence-electron chi connectivity index (χ3n) is 3.87. The molecule has 140 valence electrons. The lowest BCUT2D eigenvalue weighted by molar-refractivity contribution is -0.121. The zero-order chi connectivity index (χ0) is 19.6.